The second kappa shape index (κ2) is 9.11. The lowest BCUT2D eigenvalue weighted by Gasteiger charge is -2.33. The molecule has 0 unspecified atom stereocenters. The summed E-state index contributed by atoms with van der Waals surface area (Å²) in [6, 6.07) is 12.4. The third kappa shape index (κ3) is 4.29. The van der Waals surface area contributed by atoms with Crippen LogP contribution in [0.25, 0.3) is 22.0 Å². The predicted molar refractivity (Wildman–Crippen MR) is 132 cm³/mol. The molecule has 0 saturated carbocycles. The second-order valence-electron chi connectivity index (χ2n) is 8.23. The van der Waals surface area contributed by atoms with Crippen molar-refractivity contribution in [1.82, 2.24) is 15.0 Å². The Morgan fingerprint density at radius 2 is 2.09 bits per heavy atom. The first-order valence-corrected chi connectivity index (χ1v) is 11.1. The smallest absolute Gasteiger partial charge is 0.259 e. The maximum Gasteiger partial charge on any atom is 0.259 e. The van der Waals surface area contributed by atoms with Crippen LogP contribution >= 0.6 is 0 Å². The predicted octanol–water partition coefficient (Wildman–Crippen LogP) is 4.13. The molecule has 0 aliphatic carbocycles. The minimum absolute atomic E-state index is 0.0487. The third-order valence-electron chi connectivity index (χ3n) is 5.86. The van der Waals surface area contributed by atoms with Crippen LogP contribution in [0.5, 0.6) is 0 Å². The number of nitrogens with zero attached hydrogens (tertiary/aromatic N) is 3. The van der Waals surface area contributed by atoms with Gasteiger partial charge in [0.25, 0.3) is 5.56 Å². The Morgan fingerprint density at radius 1 is 1.21 bits per heavy atom. The number of aromatic amines is 1. The van der Waals surface area contributed by atoms with Gasteiger partial charge in [-0.3, -0.25) is 4.79 Å². The summed E-state index contributed by atoms with van der Waals surface area (Å²) in [4.78, 5) is 26.4. The van der Waals surface area contributed by atoms with Crippen LogP contribution in [0.15, 0.2) is 59.7 Å². The summed E-state index contributed by atoms with van der Waals surface area (Å²) < 4.78 is 20.6. The molecular formula is C25H25FN6O2. The molecule has 1 fully saturated rings. The van der Waals surface area contributed by atoms with Gasteiger partial charge >= 0.3 is 0 Å². The number of hydrogen-bond donors (Lipinski definition) is 3. The Labute approximate surface area is 195 Å². The zero-order valence-corrected chi connectivity index (χ0v) is 18.9. The highest BCUT2D eigenvalue weighted by atomic mass is 19.1. The molecule has 1 saturated heterocycles. The molecule has 1 aliphatic heterocycles. The van der Waals surface area contributed by atoms with E-state index >= 15 is 4.39 Å². The lowest BCUT2D eigenvalue weighted by molar-refractivity contribution is 0.0530. The van der Waals surface area contributed by atoms with Gasteiger partial charge in [-0.05, 0) is 54.8 Å². The maximum absolute atomic E-state index is 15.0. The Balaban J connectivity index is 1.52. The zero-order chi connectivity index (χ0) is 23.7. The van der Waals surface area contributed by atoms with Crippen LogP contribution in [0.2, 0.25) is 0 Å². The van der Waals surface area contributed by atoms with Gasteiger partial charge in [0, 0.05) is 43.8 Å². The average Bonchev–Trinajstić information content (AvgIpc) is 2.84. The van der Waals surface area contributed by atoms with Gasteiger partial charge in [-0.1, -0.05) is 0 Å². The van der Waals surface area contributed by atoms with Crippen molar-refractivity contribution in [3.8, 4) is 11.3 Å². The zero-order valence-electron chi connectivity index (χ0n) is 18.9. The molecule has 4 heterocycles. The van der Waals surface area contributed by atoms with Crippen LogP contribution in [0.1, 0.15) is 6.92 Å². The molecule has 174 valence electrons. The van der Waals surface area contributed by atoms with Crippen LogP contribution in [-0.2, 0) is 4.74 Å². The number of anilines is 4. The SMILES string of the molecule is CNc1ccc(-c2cc3cc[nH]c(=O)c3c(Nc3ccc(N4CCO[C@H](C)C4)c(F)c3)n2)cn1. The molecule has 1 atom stereocenters. The standard InChI is InChI=1S/C25H25FN6O2/c1-15-14-32(9-10-34-15)21-5-4-18(12-19(21)26)30-24-23-16(7-8-28-25(23)33)11-20(31-24)17-3-6-22(27-2)29-13-17/h3-8,11-13,15H,9-10,14H2,1-2H3,(H,27,29)(H,28,33)(H,30,31)/t15-/m1/s1. The number of H-pyrrole nitrogens is 1. The van der Waals surface area contributed by atoms with Crippen LogP contribution in [0.3, 0.4) is 0 Å². The molecule has 3 aromatic heterocycles. The highest BCUT2D eigenvalue weighted by Crippen LogP contribution is 2.30. The number of benzene rings is 1. The largest absolute Gasteiger partial charge is 0.375 e. The first kappa shape index (κ1) is 21.8. The van der Waals surface area contributed by atoms with E-state index in [9.17, 15) is 4.79 Å². The quantitative estimate of drug-likeness (QED) is 0.412. The lowest BCUT2D eigenvalue weighted by atomic mass is 10.1. The summed E-state index contributed by atoms with van der Waals surface area (Å²) in [6.45, 7) is 3.81. The Morgan fingerprint density at radius 3 is 2.82 bits per heavy atom. The number of rotatable bonds is 5. The van der Waals surface area contributed by atoms with Crippen molar-refractivity contribution < 1.29 is 9.13 Å². The third-order valence-corrected chi connectivity index (χ3v) is 5.86. The molecule has 0 spiro atoms. The lowest BCUT2D eigenvalue weighted by Crippen LogP contribution is -2.41. The van der Waals surface area contributed by atoms with Crippen molar-refractivity contribution in [2.45, 2.75) is 13.0 Å². The number of halogens is 1. The molecule has 3 N–H and O–H groups in total. The van der Waals surface area contributed by atoms with E-state index in [1.807, 2.05) is 36.1 Å². The maximum atomic E-state index is 15.0. The van der Waals surface area contributed by atoms with E-state index in [1.54, 1.807) is 31.6 Å². The van der Waals surface area contributed by atoms with Gasteiger partial charge in [-0.25, -0.2) is 14.4 Å². The number of ether oxygens (including phenoxy) is 1. The van der Waals surface area contributed by atoms with E-state index in [0.29, 0.717) is 53.4 Å². The van der Waals surface area contributed by atoms with Gasteiger partial charge in [0.05, 0.1) is 29.5 Å². The van der Waals surface area contributed by atoms with Gasteiger partial charge in [-0.15, -0.1) is 0 Å². The Hall–Kier alpha value is -3.98. The fourth-order valence-electron chi connectivity index (χ4n) is 4.16. The summed E-state index contributed by atoms with van der Waals surface area (Å²) in [6.07, 6.45) is 3.36. The van der Waals surface area contributed by atoms with Crippen molar-refractivity contribution in [1.29, 1.82) is 0 Å². The molecule has 0 radical (unpaired) electrons. The fraction of sp³-hybridized carbons (Fsp3) is 0.240. The van der Waals surface area contributed by atoms with Crippen molar-refractivity contribution in [3.63, 3.8) is 0 Å². The average molecular weight is 461 g/mol. The number of fused-ring (bicyclic) bond motifs is 1. The normalized spacial score (nSPS) is 16.0. The summed E-state index contributed by atoms with van der Waals surface area (Å²) in [7, 11) is 1.80. The van der Waals surface area contributed by atoms with Crippen LogP contribution in [0, 0.1) is 5.82 Å². The van der Waals surface area contributed by atoms with E-state index in [2.05, 4.69) is 20.6 Å². The summed E-state index contributed by atoms with van der Waals surface area (Å²) >= 11 is 0. The van der Waals surface area contributed by atoms with Crippen LogP contribution in [0.4, 0.5) is 27.4 Å². The van der Waals surface area contributed by atoms with Gasteiger partial charge in [0.2, 0.25) is 0 Å². The monoisotopic (exact) mass is 460 g/mol. The minimum atomic E-state index is -0.347. The van der Waals surface area contributed by atoms with Gasteiger partial charge in [-0.2, -0.15) is 0 Å². The van der Waals surface area contributed by atoms with E-state index in [0.717, 1.165) is 11.4 Å². The second-order valence-corrected chi connectivity index (χ2v) is 8.23. The molecule has 5 rings (SSSR count). The number of morpholine rings is 1. The van der Waals surface area contributed by atoms with Gasteiger partial charge in [0.15, 0.2) is 0 Å². The molecule has 4 aromatic rings. The molecule has 0 bridgehead atoms. The van der Waals surface area contributed by atoms with E-state index in [4.69, 9.17) is 9.72 Å². The summed E-state index contributed by atoms with van der Waals surface area (Å²) in [5.41, 5.74) is 2.20. The summed E-state index contributed by atoms with van der Waals surface area (Å²) in [5.74, 6) is 0.740. The number of nitrogens with one attached hydrogen (secondary N) is 3. The molecule has 34 heavy (non-hydrogen) atoms. The number of aromatic nitrogens is 3. The van der Waals surface area contributed by atoms with Gasteiger partial charge in [0.1, 0.15) is 17.5 Å². The fourth-order valence-corrected chi connectivity index (χ4v) is 4.16. The number of pyridine rings is 3. The molecule has 1 aliphatic rings. The molecular weight excluding hydrogens is 435 g/mol. The Kier molecular flexibility index (Phi) is 5.85. The van der Waals surface area contributed by atoms with E-state index in [1.165, 1.54) is 6.07 Å². The number of hydrogen-bond acceptors (Lipinski definition) is 7. The van der Waals surface area contributed by atoms with Crippen LogP contribution in [-0.4, -0.2) is 47.8 Å². The van der Waals surface area contributed by atoms with Crippen LogP contribution < -0.4 is 21.1 Å². The van der Waals surface area contributed by atoms with Crippen molar-refractivity contribution >= 4 is 33.8 Å². The van der Waals surface area contributed by atoms with Crippen molar-refractivity contribution in [2.75, 3.05) is 42.3 Å². The highest BCUT2D eigenvalue weighted by molar-refractivity contribution is 5.95. The van der Waals surface area contributed by atoms with Crippen molar-refractivity contribution in [3.05, 3.63) is 71.0 Å². The first-order valence-electron chi connectivity index (χ1n) is 11.1. The van der Waals surface area contributed by atoms with Crippen molar-refractivity contribution in [2.24, 2.45) is 0 Å². The molecule has 9 heteroatoms. The molecule has 0 amide bonds. The summed E-state index contributed by atoms with van der Waals surface area (Å²) in [5, 5.41) is 7.26. The Bertz CT molecular complexity index is 1390. The van der Waals surface area contributed by atoms with Gasteiger partial charge < -0.3 is 25.3 Å². The highest BCUT2D eigenvalue weighted by Gasteiger charge is 2.20. The van der Waals surface area contributed by atoms with E-state index < -0.39 is 0 Å². The van der Waals surface area contributed by atoms with E-state index in [-0.39, 0.29) is 17.5 Å². The molecule has 8 nitrogen and oxygen atoms in total. The minimum Gasteiger partial charge on any atom is -0.375 e. The molecule has 1 aromatic carbocycles. The first-order chi connectivity index (χ1) is 16.5. The topological polar surface area (TPSA) is 95.2 Å².